The van der Waals surface area contributed by atoms with E-state index in [1.165, 1.54) is 12.1 Å². The van der Waals surface area contributed by atoms with Crippen LogP contribution in [0.3, 0.4) is 0 Å². The van der Waals surface area contributed by atoms with Crippen LogP contribution < -0.4 is 4.90 Å². The Bertz CT molecular complexity index is 639. The quantitative estimate of drug-likeness (QED) is 0.776. The molecule has 2 bridgehead atoms. The van der Waals surface area contributed by atoms with Crippen LogP contribution in [0.1, 0.15) is 32.8 Å². The predicted molar refractivity (Wildman–Crippen MR) is 83.9 cm³/mol. The van der Waals surface area contributed by atoms with Crippen LogP contribution in [0.2, 0.25) is 0 Å². The highest BCUT2D eigenvalue weighted by Crippen LogP contribution is 2.38. The summed E-state index contributed by atoms with van der Waals surface area (Å²) in [5, 5.41) is 0. The van der Waals surface area contributed by atoms with Crippen molar-refractivity contribution in [3.05, 3.63) is 29.8 Å². The van der Waals surface area contributed by atoms with E-state index in [-0.39, 0.29) is 18.2 Å². The lowest BCUT2D eigenvalue weighted by Gasteiger charge is -2.36. The van der Waals surface area contributed by atoms with E-state index in [2.05, 4.69) is 0 Å². The van der Waals surface area contributed by atoms with Crippen molar-refractivity contribution in [1.29, 1.82) is 0 Å². The van der Waals surface area contributed by atoms with Gasteiger partial charge in [-0.3, -0.25) is 0 Å². The summed E-state index contributed by atoms with van der Waals surface area (Å²) in [6, 6.07) is 5.39. The molecule has 24 heavy (non-hydrogen) atoms. The Morgan fingerprint density at radius 1 is 1.17 bits per heavy atom. The summed E-state index contributed by atoms with van der Waals surface area (Å²) < 4.78 is 44.0. The first-order valence-electron chi connectivity index (χ1n) is 7.98. The number of anilines is 1. The molecule has 0 radical (unpaired) electrons. The van der Waals surface area contributed by atoms with Crippen LogP contribution in [0, 0.1) is 0 Å². The zero-order chi connectivity index (χ0) is 17.7. The molecule has 0 spiro atoms. The van der Waals surface area contributed by atoms with Crippen molar-refractivity contribution < 1.29 is 22.7 Å². The van der Waals surface area contributed by atoms with Gasteiger partial charge in [-0.1, -0.05) is 6.07 Å². The number of benzene rings is 1. The monoisotopic (exact) mass is 342 g/mol. The highest BCUT2D eigenvalue weighted by atomic mass is 19.4. The number of carbonyl (C=O) groups is 1. The average molecular weight is 342 g/mol. The maximum Gasteiger partial charge on any atom is 0.416 e. The zero-order valence-corrected chi connectivity index (χ0v) is 13.9. The molecule has 2 heterocycles. The number of hydrogen-bond donors (Lipinski definition) is 0. The number of hydrogen-bond acceptors (Lipinski definition) is 3. The number of nitrogens with zero attached hydrogens (tertiary/aromatic N) is 2. The lowest BCUT2D eigenvalue weighted by Crippen LogP contribution is -2.50. The Morgan fingerprint density at radius 2 is 1.88 bits per heavy atom. The number of likely N-dealkylation sites (tertiary alicyclic amines) is 1. The number of halogens is 3. The minimum Gasteiger partial charge on any atom is -0.444 e. The molecule has 0 aliphatic carbocycles. The second kappa shape index (κ2) is 5.57. The highest BCUT2D eigenvalue weighted by molar-refractivity contribution is 5.70. The van der Waals surface area contributed by atoms with E-state index in [9.17, 15) is 18.0 Å². The van der Waals surface area contributed by atoms with Gasteiger partial charge in [-0.05, 0) is 45.4 Å². The largest absolute Gasteiger partial charge is 0.444 e. The fourth-order valence-corrected chi connectivity index (χ4v) is 3.39. The van der Waals surface area contributed by atoms with Gasteiger partial charge in [-0.15, -0.1) is 0 Å². The fourth-order valence-electron chi connectivity index (χ4n) is 3.39. The van der Waals surface area contributed by atoms with E-state index >= 15 is 0 Å². The van der Waals surface area contributed by atoms with Crippen LogP contribution in [-0.2, 0) is 10.9 Å². The minimum atomic E-state index is -4.35. The Labute approximate surface area is 139 Å². The van der Waals surface area contributed by atoms with Crippen molar-refractivity contribution in [1.82, 2.24) is 4.90 Å². The predicted octanol–water partition coefficient (Wildman–Crippen LogP) is 3.90. The summed E-state index contributed by atoms with van der Waals surface area (Å²) in [6.45, 7) is 6.46. The van der Waals surface area contributed by atoms with Gasteiger partial charge in [-0.2, -0.15) is 13.2 Å². The molecule has 1 amide bonds. The Morgan fingerprint density at radius 3 is 2.42 bits per heavy atom. The third-order valence-electron chi connectivity index (χ3n) is 4.37. The maximum absolute atomic E-state index is 12.9. The van der Waals surface area contributed by atoms with Gasteiger partial charge in [-0.25, -0.2) is 4.79 Å². The van der Waals surface area contributed by atoms with Crippen LogP contribution in [-0.4, -0.2) is 41.8 Å². The van der Waals surface area contributed by atoms with E-state index in [1.54, 1.807) is 11.0 Å². The maximum atomic E-state index is 12.9. The molecule has 2 aliphatic rings. The number of rotatable bonds is 1. The first-order chi connectivity index (χ1) is 11.0. The van der Waals surface area contributed by atoms with Crippen LogP contribution in [0.25, 0.3) is 0 Å². The molecule has 0 unspecified atom stereocenters. The van der Waals surface area contributed by atoms with Gasteiger partial charge in [0.25, 0.3) is 0 Å². The Balaban J connectivity index is 1.71. The summed E-state index contributed by atoms with van der Waals surface area (Å²) in [6.07, 6.45) is -3.94. The molecule has 3 rings (SSSR count). The molecule has 4 nitrogen and oxygen atoms in total. The number of piperazine rings is 1. The molecule has 1 aromatic carbocycles. The topological polar surface area (TPSA) is 32.8 Å². The zero-order valence-electron chi connectivity index (χ0n) is 13.9. The molecule has 2 atom stereocenters. The second-order valence-corrected chi connectivity index (χ2v) is 7.38. The summed E-state index contributed by atoms with van der Waals surface area (Å²) in [4.78, 5) is 15.9. The highest BCUT2D eigenvalue weighted by Gasteiger charge is 2.46. The van der Waals surface area contributed by atoms with Crippen molar-refractivity contribution in [2.75, 3.05) is 18.0 Å². The molecule has 2 fully saturated rings. The normalized spacial score (nSPS) is 23.8. The van der Waals surface area contributed by atoms with Crippen LogP contribution in [0.15, 0.2) is 24.3 Å². The van der Waals surface area contributed by atoms with Gasteiger partial charge >= 0.3 is 12.3 Å². The molecule has 2 aliphatic heterocycles. The summed E-state index contributed by atoms with van der Waals surface area (Å²) in [7, 11) is 0. The smallest absolute Gasteiger partial charge is 0.416 e. The first-order valence-corrected chi connectivity index (χ1v) is 7.98. The first kappa shape index (κ1) is 16.9. The van der Waals surface area contributed by atoms with E-state index in [0.29, 0.717) is 18.8 Å². The lowest BCUT2D eigenvalue weighted by atomic mass is 10.1. The van der Waals surface area contributed by atoms with Crippen molar-refractivity contribution in [3.63, 3.8) is 0 Å². The SMILES string of the molecule is CC(C)(C)OC(=O)N1C[C@H]2C[C@@H]1CN2c1cccc(C(F)(F)F)c1. The molecular weight excluding hydrogens is 321 g/mol. The van der Waals surface area contributed by atoms with Crippen LogP contribution >= 0.6 is 0 Å². The summed E-state index contributed by atoms with van der Waals surface area (Å²) in [5.74, 6) is 0. The van der Waals surface area contributed by atoms with E-state index in [1.807, 2.05) is 25.7 Å². The van der Waals surface area contributed by atoms with Gasteiger partial charge in [0.1, 0.15) is 5.60 Å². The Hall–Kier alpha value is -1.92. The van der Waals surface area contributed by atoms with E-state index in [0.717, 1.165) is 12.5 Å². The average Bonchev–Trinajstić information content (AvgIpc) is 3.04. The number of fused-ring (bicyclic) bond motifs is 2. The third kappa shape index (κ3) is 3.30. The summed E-state index contributed by atoms with van der Waals surface area (Å²) >= 11 is 0. The molecule has 0 aromatic heterocycles. The molecule has 1 aromatic rings. The van der Waals surface area contributed by atoms with Crippen molar-refractivity contribution >= 4 is 11.8 Å². The van der Waals surface area contributed by atoms with E-state index in [4.69, 9.17) is 4.74 Å². The van der Waals surface area contributed by atoms with Gasteiger partial charge in [0.2, 0.25) is 0 Å². The van der Waals surface area contributed by atoms with Crippen molar-refractivity contribution in [2.24, 2.45) is 0 Å². The molecule has 2 saturated heterocycles. The molecule has 0 saturated carbocycles. The molecular formula is C17H21F3N2O2. The lowest BCUT2D eigenvalue weighted by molar-refractivity contribution is -0.137. The number of alkyl halides is 3. The minimum absolute atomic E-state index is 0.0145. The number of carbonyl (C=O) groups excluding carboxylic acids is 1. The van der Waals surface area contributed by atoms with Gasteiger partial charge in [0, 0.05) is 24.8 Å². The molecule has 0 N–H and O–H groups in total. The van der Waals surface area contributed by atoms with Crippen LogP contribution in [0.5, 0.6) is 0 Å². The molecule has 7 heteroatoms. The van der Waals surface area contributed by atoms with Crippen molar-refractivity contribution in [2.45, 2.75) is 51.1 Å². The van der Waals surface area contributed by atoms with Gasteiger partial charge in [0.15, 0.2) is 0 Å². The standard InChI is InChI=1S/C17H21F3N2O2/c1-16(2,3)24-15(23)22-10-13-8-14(22)9-21(13)12-6-4-5-11(7-12)17(18,19)20/h4-7,13-14H,8-10H2,1-3H3/t13-,14-/m1/s1. The fraction of sp³-hybridized carbons (Fsp3) is 0.588. The number of amides is 1. The second-order valence-electron chi connectivity index (χ2n) is 7.38. The van der Waals surface area contributed by atoms with E-state index < -0.39 is 17.3 Å². The van der Waals surface area contributed by atoms with Crippen LogP contribution in [0.4, 0.5) is 23.7 Å². The molecule has 132 valence electrons. The summed E-state index contributed by atoms with van der Waals surface area (Å²) in [5.41, 5.74) is -0.646. The Kier molecular flexibility index (Phi) is 3.92. The van der Waals surface area contributed by atoms with Gasteiger partial charge < -0.3 is 14.5 Å². The number of ether oxygens (including phenoxy) is 1. The van der Waals surface area contributed by atoms with Crippen molar-refractivity contribution in [3.8, 4) is 0 Å². The third-order valence-corrected chi connectivity index (χ3v) is 4.37. The van der Waals surface area contributed by atoms with Gasteiger partial charge in [0.05, 0.1) is 11.6 Å².